The highest BCUT2D eigenvalue weighted by atomic mass is 19.4. The lowest BCUT2D eigenvalue weighted by Gasteiger charge is -2.14. The summed E-state index contributed by atoms with van der Waals surface area (Å²) in [5.74, 6) is -1.32. The highest BCUT2D eigenvalue weighted by molar-refractivity contribution is 5.96. The first-order chi connectivity index (χ1) is 7.30. The number of carbonyl (C=O) groups excluding carboxylic acids is 1. The molecule has 2 nitrogen and oxygen atoms in total. The summed E-state index contributed by atoms with van der Waals surface area (Å²) in [5, 5.41) is 0. The van der Waals surface area contributed by atoms with Crippen LogP contribution in [0.3, 0.4) is 0 Å². The third-order valence-corrected chi connectivity index (χ3v) is 1.99. The summed E-state index contributed by atoms with van der Waals surface area (Å²) in [6, 6.07) is 2.07. The van der Waals surface area contributed by atoms with Gasteiger partial charge < -0.3 is 5.73 Å². The summed E-state index contributed by atoms with van der Waals surface area (Å²) in [7, 11) is 0. The summed E-state index contributed by atoms with van der Waals surface area (Å²) >= 11 is 0. The van der Waals surface area contributed by atoms with Crippen LogP contribution in [0.15, 0.2) is 24.3 Å². The molecule has 0 radical (unpaired) electrons. The van der Waals surface area contributed by atoms with Gasteiger partial charge in [0.15, 0.2) is 5.78 Å². The van der Waals surface area contributed by atoms with E-state index in [4.69, 9.17) is 5.73 Å². The molecule has 0 heterocycles. The monoisotopic (exact) mass is 235 g/mol. The van der Waals surface area contributed by atoms with Crippen molar-refractivity contribution in [1.82, 2.24) is 0 Å². The SMILES string of the molecule is NC(CC(=O)c1ccc(F)cc1)C(F)(F)F. The van der Waals surface area contributed by atoms with Crippen LogP contribution in [-0.2, 0) is 0 Å². The van der Waals surface area contributed by atoms with Crippen LogP contribution in [0, 0.1) is 5.82 Å². The van der Waals surface area contributed by atoms with Gasteiger partial charge in [-0.15, -0.1) is 0 Å². The molecule has 0 aliphatic carbocycles. The Balaban J connectivity index is 2.70. The molecule has 1 aromatic carbocycles. The van der Waals surface area contributed by atoms with Gasteiger partial charge in [-0.25, -0.2) is 4.39 Å². The predicted octanol–water partition coefficient (Wildman–Crippen LogP) is 2.29. The van der Waals surface area contributed by atoms with E-state index in [9.17, 15) is 22.4 Å². The topological polar surface area (TPSA) is 43.1 Å². The van der Waals surface area contributed by atoms with Gasteiger partial charge in [0.25, 0.3) is 0 Å². The number of alkyl halides is 3. The van der Waals surface area contributed by atoms with E-state index in [-0.39, 0.29) is 5.56 Å². The molecule has 0 bridgehead atoms. The lowest BCUT2D eigenvalue weighted by atomic mass is 10.0. The maximum Gasteiger partial charge on any atom is 0.404 e. The van der Waals surface area contributed by atoms with E-state index in [1.807, 2.05) is 0 Å². The quantitative estimate of drug-likeness (QED) is 0.645. The van der Waals surface area contributed by atoms with E-state index in [1.165, 1.54) is 0 Å². The molecule has 0 spiro atoms. The number of hydrogen-bond donors (Lipinski definition) is 1. The largest absolute Gasteiger partial charge is 0.404 e. The molecule has 0 fully saturated rings. The Morgan fingerprint density at radius 3 is 2.19 bits per heavy atom. The van der Waals surface area contributed by atoms with Gasteiger partial charge in [0.1, 0.15) is 11.9 Å². The van der Waals surface area contributed by atoms with Crippen molar-refractivity contribution in [3.8, 4) is 0 Å². The lowest BCUT2D eigenvalue weighted by Crippen LogP contribution is -2.39. The van der Waals surface area contributed by atoms with Crippen molar-refractivity contribution in [1.29, 1.82) is 0 Å². The zero-order valence-electron chi connectivity index (χ0n) is 8.09. The van der Waals surface area contributed by atoms with Gasteiger partial charge in [0, 0.05) is 12.0 Å². The minimum absolute atomic E-state index is 0.0149. The molecule has 16 heavy (non-hydrogen) atoms. The molecule has 1 atom stereocenters. The fourth-order valence-electron chi connectivity index (χ4n) is 1.07. The molecule has 1 rings (SSSR count). The van der Waals surface area contributed by atoms with Crippen molar-refractivity contribution < 1.29 is 22.4 Å². The Labute approximate surface area is 89.1 Å². The van der Waals surface area contributed by atoms with Crippen LogP contribution in [-0.4, -0.2) is 18.0 Å². The number of hydrogen-bond acceptors (Lipinski definition) is 2. The number of rotatable bonds is 3. The number of ketones is 1. The zero-order chi connectivity index (χ0) is 12.3. The smallest absolute Gasteiger partial charge is 0.320 e. The predicted molar refractivity (Wildman–Crippen MR) is 49.4 cm³/mol. The molecule has 0 aliphatic rings. The van der Waals surface area contributed by atoms with Crippen LogP contribution in [0.25, 0.3) is 0 Å². The second-order valence-electron chi connectivity index (χ2n) is 3.28. The first-order valence-corrected chi connectivity index (χ1v) is 4.42. The van der Waals surface area contributed by atoms with E-state index in [2.05, 4.69) is 0 Å². The third-order valence-electron chi connectivity index (χ3n) is 1.99. The summed E-state index contributed by atoms with van der Waals surface area (Å²) in [6.07, 6.45) is -5.44. The fraction of sp³-hybridized carbons (Fsp3) is 0.300. The number of Topliss-reactive ketones (excluding diaryl/α,β-unsaturated/α-hetero) is 1. The van der Waals surface area contributed by atoms with Gasteiger partial charge in [0.2, 0.25) is 0 Å². The average molecular weight is 235 g/mol. The van der Waals surface area contributed by atoms with E-state index >= 15 is 0 Å². The Hall–Kier alpha value is -1.43. The first-order valence-electron chi connectivity index (χ1n) is 4.42. The highest BCUT2D eigenvalue weighted by Gasteiger charge is 2.37. The second-order valence-corrected chi connectivity index (χ2v) is 3.28. The molecule has 0 aromatic heterocycles. The number of halogens is 4. The van der Waals surface area contributed by atoms with Gasteiger partial charge in [-0.05, 0) is 24.3 Å². The summed E-state index contributed by atoms with van der Waals surface area (Å²) in [5.41, 5.74) is 4.81. The molecular weight excluding hydrogens is 226 g/mol. The summed E-state index contributed by atoms with van der Waals surface area (Å²) < 4.78 is 48.6. The van der Waals surface area contributed by atoms with Crippen molar-refractivity contribution in [2.24, 2.45) is 5.73 Å². The molecular formula is C10H9F4NO. The van der Waals surface area contributed by atoms with Crippen LogP contribution in [0.4, 0.5) is 17.6 Å². The molecule has 1 unspecified atom stereocenters. The standard InChI is InChI=1S/C10H9F4NO/c11-7-3-1-6(2-4-7)8(16)5-9(15)10(12,13)14/h1-4,9H,5,15H2. The van der Waals surface area contributed by atoms with Crippen LogP contribution in [0.5, 0.6) is 0 Å². The van der Waals surface area contributed by atoms with E-state index in [0.717, 1.165) is 24.3 Å². The van der Waals surface area contributed by atoms with Crippen molar-refractivity contribution in [3.05, 3.63) is 35.6 Å². The number of benzene rings is 1. The molecule has 0 saturated heterocycles. The Kier molecular flexibility index (Phi) is 3.64. The molecule has 0 aliphatic heterocycles. The maximum absolute atomic E-state index is 12.5. The Bertz CT molecular complexity index is 371. The lowest BCUT2D eigenvalue weighted by molar-refractivity contribution is -0.146. The fourth-order valence-corrected chi connectivity index (χ4v) is 1.07. The minimum Gasteiger partial charge on any atom is -0.320 e. The first kappa shape index (κ1) is 12.6. The molecule has 0 amide bonds. The van der Waals surface area contributed by atoms with Crippen molar-refractivity contribution in [2.75, 3.05) is 0 Å². The van der Waals surface area contributed by atoms with E-state index in [1.54, 1.807) is 0 Å². The average Bonchev–Trinajstić information content (AvgIpc) is 2.17. The van der Waals surface area contributed by atoms with Gasteiger partial charge in [0.05, 0.1) is 0 Å². The zero-order valence-corrected chi connectivity index (χ0v) is 8.09. The van der Waals surface area contributed by atoms with Crippen molar-refractivity contribution >= 4 is 5.78 Å². The number of nitrogens with two attached hydrogens (primary N) is 1. The molecule has 0 saturated carbocycles. The second kappa shape index (κ2) is 4.61. The normalized spacial score (nSPS) is 13.6. The Morgan fingerprint density at radius 1 is 1.25 bits per heavy atom. The summed E-state index contributed by atoms with van der Waals surface area (Å²) in [4.78, 5) is 11.3. The molecule has 88 valence electrons. The molecule has 2 N–H and O–H groups in total. The third kappa shape index (κ3) is 3.30. The van der Waals surface area contributed by atoms with Gasteiger partial charge in [-0.2, -0.15) is 13.2 Å². The number of carbonyl (C=O) groups is 1. The maximum atomic E-state index is 12.5. The van der Waals surface area contributed by atoms with E-state index < -0.39 is 30.2 Å². The summed E-state index contributed by atoms with van der Waals surface area (Å²) in [6.45, 7) is 0. The van der Waals surface area contributed by atoms with Gasteiger partial charge in [-0.1, -0.05) is 0 Å². The van der Waals surface area contributed by atoms with Gasteiger partial charge >= 0.3 is 6.18 Å². The van der Waals surface area contributed by atoms with Crippen molar-refractivity contribution in [3.63, 3.8) is 0 Å². The van der Waals surface area contributed by atoms with Crippen LogP contribution in [0.1, 0.15) is 16.8 Å². The van der Waals surface area contributed by atoms with Crippen molar-refractivity contribution in [2.45, 2.75) is 18.6 Å². The van der Waals surface area contributed by atoms with Crippen LogP contribution in [0.2, 0.25) is 0 Å². The van der Waals surface area contributed by atoms with Gasteiger partial charge in [-0.3, -0.25) is 4.79 Å². The highest BCUT2D eigenvalue weighted by Crippen LogP contribution is 2.21. The van der Waals surface area contributed by atoms with Crippen LogP contribution >= 0.6 is 0 Å². The molecule has 1 aromatic rings. The minimum atomic E-state index is -4.60. The molecule has 6 heteroatoms. The van der Waals surface area contributed by atoms with Crippen LogP contribution < -0.4 is 5.73 Å². The van der Waals surface area contributed by atoms with E-state index in [0.29, 0.717) is 0 Å². The Morgan fingerprint density at radius 2 is 1.75 bits per heavy atom.